The predicted octanol–water partition coefficient (Wildman–Crippen LogP) is 3.36. The van der Waals surface area contributed by atoms with Crippen molar-refractivity contribution < 1.29 is 14.3 Å². The lowest BCUT2D eigenvalue weighted by atomic mass is 10.0. The van der Waals surface area contributed by atoms with Crippen LogP contribution in [-0.4, -0.2) is 33.1 Å². The third kappa shape index (κ3) is 4.35. The minimum absolute atomic E-state index is 0.145. The van der Waals surface area contributed by atoms with Crippen LogP contribution in [-0.2, 0) is 4.79 Å². The number of hydrogen-bond donors (Lipinski definition) is 2. The quantitative estimate of drug-likeness (QED) is 0.461. The van der Waals surface area contributed by atoms with Gasteiger partial charge in [-0.05, 0) is 35.7 Å². The maximum atomic E-state index is 12.3. The van der Waals surface area contributed by atoms with E-state index in [9.17, 15) is 4.79 Å². The Labute approximate surface area is 178 Å². The van der Waals surface area contributed by atoms with Gasteiger partial charge in [-0.15, -0.1) is 10.2 Å². The van der Waals surface area contributed by atoms with Crippen molar-refractivity contribution in [2.75, 3.05) is 23.5 Å². The Kier molecular flexibility index (Phi) is 5.80. The molecule has 1 aliphatic rings. The molecule has 0 saturated heterocycles. The number of thioether (sulfide) groups is 1. The zero-order chi connectivity index (χ0) is 21.1. The minimum Gasteiger partial charge on any atom is -0.485 e. The third-order valence-corrected chi connectivity index (χ3v) is 5.62. The molecule has 0 spiro atoms. The van der Waals surface area contributed by atoms with Gasteiger partial charge in [0, 0.05) is 5.69 Å². The molecular formula is C21H23N5O3S. The fraction of sp³-hybridized carbons (Fsp3) is 0.286. The molecule has 1 amide bonds. The molecule has 156 valence electrons. The van der Waals surface area contributed by atoms with Crippen LogP contribution >= 0.6 is 11.8 Å². The molecule has 8 nitrogen and oxygen atoms in total. The molecule has 0 radical (unpaired) electrons. The average Bonchev–Trinajstić information content (AvgIpc) is 3.12. The van der Waals surface area contributed by atoms with E-state index in [1.165, 1.54) is 22.0 Å². The van der Waals surface area contributed by atoms with Crippen molar-refractivity contribution in [1.82, 2.24) is 14.9 Å². The molecule has 2 heterocycles. The van der Waals surface area contributed by atoms with Gasteiger partial charge in [-0.2, -0.15) is 0 Å². The van der Waals surface area contributed by atoms with Crippen LogP contribution in [0.15, 0.2) is 53.7 Å². The molecule has 0 saturated carbocycles. The van der Waals surface area contributed by atoms with Crippen molar-refractivity contribution in [2.45, 2.75) is 31.0 Å². The minimum atomic E-state index is -0.472. The molecule has 0 aliphatic carbocycles. The Morgan fingerprint density at radius 1 is 1.20 bits per heavy atom. The number of nitrogens with one attached hydrogen (secondary N) is 1. The van der Waals surface area contributed by atoms with Crippen LogP contribution in [0.1, 0.15) is 37.3 Å². The number of benzene rings is 2. The first-order chi connectivity index (χ1) is 14.5. The molecule has 4 rings (SSSR count). The summed E-state index contributed by atoms with van der Waals surface area (Å²) < 4.78 is 13.0. The lowest BCUT2D eigenvalue weighted by molar-refractivity contribution is -0.113. The zero-order valence-corrected chi connectivity index (χ0v) is 17.6. The van der Waals surface area contributed by atoms with Gasteiger partial charge in [0.15, 0.2) is 23.4 Å². The Hall–Kier alpha value is -3.20. The van der Waals surface area contributed by atoms with Gasteiger partial charge in [-0.25, -0.2) is 4.68 Å². The van der Waals surface area contributed by atoms with E-state index in [2.05, 4.69) is 29.4 Å². The van der Waals surface area contributed by atoms with Crippen molar-refractivity contribution in [3.05, 3.63) is 59.9 Å². The number of para-hydroxylation sites is 2. The van der Waals surface area contributed by atoms with Crippen LogP contribution in [0.2, 0.25) is 0 Å². The second-order valence-electron chi connectivity index (χ2n) is 7.19. The van der Waals surface area contributed by atoms with Crippen molar-refractivity contribution in [3.63, 3.8) is 0 Å². The van der Waals surface area contributed by atoms with Gasteiger partial charge in [-0.1, -0.05) is 49.9 Å². The number of nitrogen functional groups attached to an aromatic ring is 1. The number of carbonyl (C=O) groups is 1. The topological polar surface area (TPSA) is 104 Å². The highest BCUT2D eigenvalue weighted by Crippen LogP contribution is 2.35. The van der Waals surface area contributed by atoms with E-state index in [0.717, 1.165) is 5.69 Å². The van der Waals surface area contributed by atoms with Crippen molar-refractivity contribution in [2.24, 2.45) is 0 Å². The summed E-state index contributed by atoms with van der Waals surface area (Å²) in [6, 6.07) is 15.3. The summed E-state index contributed by atoms with van der Waals surface area (Å²) in [5.41, 5.74) is 1.98. The highest BCUT2D eigenvalue weighted by atomic mass is 32.2. The van der Waals surface area contributed by atoms with E-state index in [4.69, 9.17) is 15.3 Å². The fourth-order valence-electron chi connectivity index (χ4n) is 3.03. The van der Waals surface area contributed by atoms with Gasteiger partial charge in [0.25, 0.3) is 0 Å². The van der Waals surface area contributed by atoms with E-state index in [-0.39, 0.29) is 18.3 Å². The van der Waals surface area contributed by atoms with Gasteiger partial charge in [0.2, 0.25) is 11.1 Å². The number of carbonyl (C=O) groups excluding carboxylic acids is 1. The van der Waals surface area contributed by atoms with Crippen molar-refractivity contribution in [3.8, 4) is 11.5 Å². The number of anilines is 1. The van der Waals surface area contributed by atoms with Crippen LogP contribution in [0.25, 0.3) is 0 Å². The van der Waals surface area contributed by atoms with Crippen LogP contribution in [0.3, 0.4) is 0 Å². The average molecular weight is 426 g/mol. The van der Waals surface area contributed by atoms with Gasteiger partial charge in [-0.3, -0.25) is 4.79 Å². The number of nitrogens with two attached hydrogens (primary N) is 1. The first-order valence-corrected chi connectivity index (χ1v) is 10.6. The van der Waals surface area contributed by atoms with Gasteiger partial charge >= 0.3 is 0 Å². The number of aromatic nitrogens is 3. The van der Waals surface area contributed by atoms with Crippen LogP contribution in [0.5, 0.6) is 11.5 Å². The fourth-order valence-corrected chi connectivity index (χ4v) is 3.70. The lowest BCUT2D eigenvalue weighted by Crippen LogP contribution is -2.27. The van der Waals surface area contributed by atoms with Crippen molar-refractivity contribution in [1.29, 1.82) is 0 Å². The smallest absolute Gasteiger partial charge is 0.234 e. The number of ether oxygens (including phenoxy) is 2. The number of amides is 1. The molecule has 1 aromatic heterocycles. The number of rotatable bonds is 6. The van der Waals surface area contributed by atoms with Crippen molar-refractivity contribution >= 4 is 23.4 Å². The molecule has 0 bridgehead atoms. The first-order valence-electron chi connectivity index (χ1n) is 9.62. The number of fused-ring (bicyclic) bond motifs is 1. The van der Waals surface area contributed by atoms with E-state index in [0.29, 0.717) is 28.4 Å². The summed E-state index contributed by atoms with van der Waals surface area (Å²) in [6.07, 6.45) is -0.472. The molecule has 30 heavy (non-hydrogen) atoms. The SMILES string of the molecule is CC(C)c1ccc(NC(=O)CSc2nnc([C@H]3COc4ccccc4O3)n2N)cc1. The predicted molar refractivity (Wildman–Crippen MR) is 115 cm³/mol. The molecule has 3 aromatic rings. The normalized spacial score (nSPS) is 15.2. The van der Waals surface area contributed by atoms with Crippen LogP contribution < -0.4 is 20.6 Å². The Bertz CT molecular complexity index is 1040. The second kappa shape index (κ2) is 8.66. The summed E-state index contributed by atoms with van der Waals surface area (Å²) in [6.45, 7) is 4.54. The highest BCUT2D eigenvalue weighted by molar-refractivity contribution is 7.99. The summed E-state index contributed by atoms with van der Waals surface area (Å²) in [5, 5.41) is 11.5. The third-order valence-electron chi connectivity index (χ3n) is 4.68. The molecular weight excluding hydrogens is 402 g/mol. The molecule has 2 aromatic carbocycles. The first kappa shape index (κ1) is 20.1. The molecule has 3 N–H and O–H groups in total. The van der Waals surface area contributed by atoms with E-state index in [1.54, 1.807) is 0 Å². The van der Waals surface area contributed by atoms with Gasteiger partial charge in [0.1, 0.15) is 6.61 Å². The Balaban J connectivity index is 1.35. The number of nitrogens with zero attached hydrogens (tertiary/aromatic N) is 3. The largest absolute Gasteiger partial charge is 0.485 e. The molecule has 0 fully saturated rings. The second-order valence-corrected chi connectivity index (χ2v) is 8.13. The summed E-state index contributed by atoms with van der Waals surface area (Å²) in [7, 11) is 0. The van der Waals surface area contributed by atoms with E-state index >= 15 is 0 Å². The molecule has 0 unspecified atom stereocenters. The van der Waals surface area contributed by atoms with E-state index in [1.807, 2.05) is 48.5 Å². The molecule has 1 aliphatic heterocycles. The Morgan fingerprint density at radius 2 is 1.93 bits per heavy atom. The Morgan fingerprint density at radius 3 is 2.67 bits per heavy atom. The van der Waals surface area contributed by atoms with Crippen LogP contribution in [0.4, 0.5) is 5.69 Å². The van der Waals surface area contributed by atoms with Gasteiger partial charge < -0.3 is 20.6 Å². The summed E-state index contributed by atoms with van der Waals surface area (Å²) in [5.74, 6) is 8.36. The maximum Gasteiger partial charge on any atom is 0.234 e. The van der Waals surface area contributed by atoms with Gasteiger partial charge in [0.05, 0.1) is 5.75 Å². The molecule has 1 atom stereocenters. The monoisotopic (exact) mass is 425 g/mol. The maximum absolute atomic E-state index is 12.3. The number of hydrogen-bond acceptors (Lipinski definition) is 7. The van der Waals surface area contributed by atoms with E-state index < -0.39 is 6.10 Å². The summed E-state index contributed by atoms with van der Waals surface area (Å²) in [4.78, 5) is 12.3. The highest BCUT2D eigenvalue weighted by Gasteiger charge is 2.28. The van der Waals surface area contributed by atoms with Crippen LogP contribution in [0, 0.1) is 0 Å². The standard InChI is InChI=1S/C21H23N5O3S/c1-13(2)14-7-9-15(10-8-14)23-19(27)12-30-21-25-24-20(26(21)22)18-11-28-16-5-3-4-6-17(16)29-18/h3-10,13,18H,11-12,22H2,1-2H3,(H,23,27)/t18-/m1/s1. The summed E-state index contributed by atoms with van der Waals surface area (Å²) >= 11 is 1.21. The molecule has 9 heteroatoms. The lowest BCUT2D eigenvalue weighted by Gasteiger charge is -2.25. The zero-order valence-electron chi connectivity index (χ0n) is 16.7.